The number of aliphatic carboxylic acids is 1. The highest BCUT2D eigenvalue weighted by Gasteiger charge is 2.11. The average molecular weight is 332 g/mol. The predicted molar refractivity (Wildman–Crippen MR) is 72.5 cm³/mol. The number of amides is 1. The molecule has 1 unspecified atom stereocenters. The molecule has 1 atom stereocenters. The van der Waals surface area contributed by atoms with Crippen molar-refractivity contribution in [1.29, 1.82) is 0 Å². The number of halogens is 2. The van der Waals surface area contributed by atoms with Crippen molar-refractivity contribution in [2.24, 2.45) is 5.92 Å². The molecular weight excluding hydrogens is 317 g/mol. The van der Waals surface area contributed by atoms with E-state index in [1.54, 1.807) is 6.92 Å². The van der Waals surface area contributed by atoms with Gasteiger partial charge >= 0.3 is 5.97 Å². The van der Waals surface area contributed by atoms with Crippen molar-refractivity contribution in [3.63, 3.8) is 0 Å². The maximum atomic E-state index is 13.1. The zero-order chi connectivity index (χ0) is 14.4. The van der Waals surface area contributed by atoms with E-state index in [4.69, 9.17) is 5.11 Å². The van der Waals surface area contributed by atoms with Crippen LogP contribution in [0.5, 0.6) is 0 Å². The highest BCUT2D eigenvalue weighted by molar-refractivity contribution is 9.10. The topological polar surface area (TPSA) is 66.4 Å². The third-order valence-corrected chi connectivity index (χ3v) is 3.10. The van der Waals surface area contributed by atoms with E-state index in [-0.39, 0.29) is 11.5 Å². The van der Waals surface area contributed by atoms with Gasteiger partial charge in [0.25, 0.3) is 5.91 Å². The van der Waals surface area contributed by atoms with Crippen LogP contribution in [-0.4, -0.2) is 23.5 Å². The molecule has 0 aliphatic rings. The molecule has 0 aromatic heterocycles. The number of carbonyl (C=O) groups excluding carboxylic acids is 1. The van der Waals surface area contributed by atoms with Crippen LogP contribution in [0.3, 0.4) is 0 Å². The van der Waals surface area contributed by atoms with E-state index >= 15 is 0 Å². The summed E-state index contributed by atoms with van der Waals surface area (Å²) in [5, 5.41) is 11.3. The molecule has 0 fully saturated rings. The van der Waals surface area contributed by atoms with Gasteiger partial charge in [-0.25, -0.2) is 4.39 Å². The fourth-order valence-corrected chi connectivity index (χ4v) is 1.99. The lowest BCUT2D eigenvalue weighted by molar-refractivity contribution is -0.141. The SMILES string of the molecule is CC(CCCNC(=O)c1cc(F)cc(Br)c1)C(=O)O. The van der Waals surface area contributed by atoms with E-state index < -0.39 is 17.7 Å². The highest BCUT2D eigenvalue weighted by Crippen LogP contribution is 2.14. The molecule has 19 heavy (non-hydrogen) atoms. The zero-order valence-corrected chi connectivity index (χ0v) is 12.0. The lowest BCUT2D eigenvalue weighted by atomic mass is 10.1. The van der Waals surface area contributed by atoms with Crippen molar-refractivity contribution < 1.29 is 19.1 Å². The van der Waals surface area contributed by atoms with Crippen molar-refractivity contribution >= 4 is 27.8 Å². The Morgan fingerprint density at radius 1 is 1.42 bits per heavy atom. The Hall–Kier alpha value is -1.43. The molecule has 0 saturated carbocycles. The van der Waals surface area contributed by atoms with Crippen LogP contribution in [0.25, 0.3) is 0 Å². The van der Waals surface area contributed by atoms with E-state index in [1.807, 2.05) is 0 Å². The van der Waals surface area contributed by atoms with E-state index in [9.17, 15) is 14.0 Å². The van der Waals surface area contributed by atoms with Gasteiger partial charge in [-0.1, -0.05) is 22.9 Å². The molecule has 0 saturated heterocycles. The van der Waals surface area contributed by atoms with Gasteiger partial charge in [-0.15, -0.1) is 0 Å². The maximum Gasteiger partial charge on any atom is 0.306 e. The zero-order valence-electron chi connectivity index (χ0n) is 10.5. The standard InChI is InChI=1S/C13H15BrFNO3/c1-8(13(18)19)3-2-4-16-12(17)9-5-10(14)7-11(15)6-9/h5-8H,2-4H2,1H3,(H,16,17)(H,18,19). The van der Waals surface area contributed by atoms with Gasteiger partial charge in [0.1, 0.15) is 5.82 Å². The number of carboxylic acid groups (broad SMARTS) is 1. The number of benzene rings is 1. The Bertz CT molecular complexity index is 459. The Labute approximate surface area is 119 Å². The van der Waals surface area contributed by atoms with Gasteiger partial charge in [0.15, 0.2) is 0 Å². The molecule has 4 nitrogen and oxygen atoms in total. The number of rotatable bonds is 6. The van der Waals surface area contributed by atoms with Crippen LogP contribution in [0.4, 0.5) is 4.39 Å². The summed E-state index contributed by atoms with van der Waals surface area (Å²) in [7, 11) is 0. The van der Waals surface area contributed by atoms with Gasteiger partial charge in [0.2, 0.25) is 0 Å². The first-order valence-electron chi connectivity index (χ1n) is 5.87. The van der Waals surface area contributed by atoms with Crippen LogP contribution in [0.2, 0.25) is 0 Å². The van der Waals surface area contributed by atoms with Gasteiger partial charge in [0, 0.05) is 16.6 Å². The number of nitrogens with one attached hydrogen (secondary N) is 1. The maximum absolute atomic E-state index is 13.1. The number of hydrogen-bond acceptors (Lipinski definition) is 2. The summed E-state index contributed by atoms with van der Waals surface area (Å²) in [6, 6.07) is 3.95. The van der Waals surface area contributed by atoms with Gasteiger partial charge in [0.05, 0.1) is 5.92 Å². The molecule has 6 heteroatoms. The molecule has 0 aliphatic heterocycles. The number of carbonyl (C=O) groups is 2. The fraction of sp³-hybridized carbons (Fsp3) is 0.385. The molecule has 0 aliphatic carbocycles. The van der Waals surface area contributed by atoms with Crippen molar-refractivity contribution in [3.8, 4) is 0 Å². The first-order valence-corrected chi connectivity index (χ1v) is 6.66. The number of carboxylic acids is 1. The molecule has 1 amide bonds. The van der Waals surface area contributed by atoms with Crippen LogP contribution in [-0.2, 0) is 4.79 Å². The van der Waals surface area contributed by atoms with Crippen LogP contribution in [0.1, 0.15) is 30.1 Å². The minimum Gasteiger partial charge on any atom is -0.481 e. The second-order valence-corrected chi connectivity index (χ2v) is 5.21. The molecule has 2 N–H and O–H groups in total. The fourth-order valence-electron chi connectivity index (χ4n) is 1.52. The van der Waals surface area contributed by atoms with Crippen molar-refractivity contribution in [2.75, 3.05) is 6.54 Å². The lowest BCUT2D eigenvalue weighted by Crippen LogP contribution is -2.25. The molecular formula is C13H15BrFNO3. The Balaban J connectivity index is 2.41. The van der Waals surface area contributed by atoms with Gasteiger partial charge in [-0.3, -0.25) is 9.59 Å². The van der Waals surface area contributed by atoms with Gasteiger partial charge in [-0.2, -0.15) is 0 Å². The quantitative estimate of drug-likeness (QED) is 0.787. The van der Waals surface area contributed by atoms with E-state index in [1.165, 1.54) is 12.1 Å². The summed E-state index contributed by atoms with van der Waals surface area (Å²) < 4.78 is 13.6. The van der Waals surface area contributed by atoms with Crippen molar-refractivity contribution in [2.45, 2.75) is 19.8 Å². The van der Waals surface area contributed by atoms with Crippen LogP contribution >= 0.6 is 15.9 Å². The molecule has 104 valence electrons. The monoisotopic (exact) mass is 331 g/mol. The Morgan fingerprint density at radius 3 is 2.68 bits per heavy atom. The molecule has 1 aromatic carbocycles. The molecule has 0 radical (unpaired) electrons. The summed E-state index contributed by atoms with van der Waals surface area (Å²) in [5.41, 5.74) is 0.234. The normalized spacial score (nSPS) is 11.9. The highest BCUT2D eigenvalue weighted by atomic mass is 79.9. The summed E-state index contributed by atoms with van der Waals surface area (Å²) in [6.07, 6.45) is 1.05. The Morgan fingerprint density at radius 2 is 2.11 bits per heavy atom. The minimum absolute atomic E-state index is 0.234. The average Bonchev–Trinajstić information content (AvgIpc) is 2.32. The summed E-state index contributed by atoms with van der Waals surface area (Å²) >= 11 is 3.11. The smallest absolute Gasteiger partial charge is 0.306 e. The van der Waals surface area contributed by atoms with Gasteiger partial charge in [-0.05, 0) is 31.0 Å². The number of hydrogen-bond donors (Lipinski definition) is 2. The molecule has 0 bridgehead atoms. The molecule has 1 aromatic rings. The van der Waals surface area contributed by atoms with Crippen LogP contribution in [0, 0.1) is 11.7 Å². The van der Waals surface area contributed by atoms with E-state index in [2.05, 4.69) is 21.2 Å². The first-order chi connectivity index (χ1) is 8.90. The molecule has 0 spiro atoms. The summed E-state index contributed by atoms with van der Waals surface area (Å²) in [5.74, 6) is -2.14. The second-order valence-electron chi connectivity index (χ2n) is 4.30. The van der Waals surface area contributed by atoms with Crippen molar-refractivity contribution in [1.82, 2.24) is 5.32 Å². The third-order valence-electron chi connectivity index (χ3n) is 2.65. The van der Waals surface area contributed by atoms with Crippen LogP contribution < -0.4 is 5.32 Å². The van der Waals surface area contributed by atoms with Crippen LogP contribution in [0.15, 0.2) is 22.7 Å². The lowest BCUT2D eigenvalue weighted by Gasteiger charge is -2.08. The minimum atomic E-state index is -0.847. The second kappa shape index (κ2) is 7.23. The predicted octanol–water partition coefficient (Wildman–Crippen LogP) is 2.82. The summed E-state index contributed by atoms with van der Waals surface area (Å²) in [6.45, 7) is 1.98. The Kier molecular flexibility index (Phi) is 5.95. The van der Waals surface area contributed by atoms with Crippen molar-refractivity contribution in [3.05, 3.63) is 34.1 Å². The van der Waals surface area contributed by atoms with E-state index in [0.29, 0.717) is 23.9 Å². The molecule has 0 heterocycles. The van der Waals surface area contributed by atoms with Gasteiger partial charge < -0.3 is 10.4 Å². The molecule has 1 rings (SSSR count). The first kappa shape index (κ1) is 15.6. The summed E-state index contributed by atoms with van der Waals surface area (Å²) in [4.78, 5) is 22.3. The largest absolute Gasteiger partial charge is 0.481 e. The van der Waals surface area contributed by atoms with E-state index in [0.717, 1.165) is 6.07 Å². The third kappa shape index (κ3) is 5.38.